The number of hydrogen-bond acceptors (Lipinski definition) is 8. The number of pyridine rings is 1. The summed E-state index contributed by atoms with van der Waals surface area (Å²) in [7, 11) is 0. The lowest BCUT2D eigenvalue weighted by atomic mass is 10.0. The number of nitrogens with one attached hydrogen (secondary N) is 1. The fraction of sp³-hybridized carbons (Fsp3) is 0.296. The number of primary amides is 1. The van der Waals surface area contributed by atoms with Crippen molar-refractivity contribution in [2.75, 3.05) is 5.32 Å². The first kappa shape index (κ1) is 23.0. The molecule has 0 spiro atoms. The quantitative estimate of drug-likeness (QED) is 0.323. The number of carbonyl (C=O) groups is 1. The molecule has 4 aromatic heterocycles. The number of amides is 1. The molecule has 1 unspecified atom stereocenters. The minimum atomic E-state index is -0.684. The Kier molecular flexibility index (Phi) is 5.71. The molecule has 0 radical (unpaired) electrons. The van der Waals surface area contributed by atoms with Crippen molar-refractivity contribution in [3.63, 3.8) is 0 Å². The zero-order chi connectivity index (χ0) is 25.5. The van der Waals surface area contributed by atoms with Gasteiger partial charge in [-0.15, -0.1) is 0 Å². The lowest BCUT2D eigenvalue weighted by molar-refractivity contribution is 0.0990. The molecule has 1 aliphatic rings. The number of para-hydroxylation sites is 1. The van der Waals surface area contributed by atoms with Gasteiger partial charge in [0.25, 0.3) is 5.91 Å². The standard InChI is InChI=1S/C27H27N9O/c1-3-15(2)36-23-21(14-32-36)33-25(19-12-30-27(24(28)37)31-13-19)35-26(23)34-22(16-8-9-16)18-10-17-6-4-5-7-20(17)29-11-18/h4-7,10-16,22H,3,8-9H2,1-2H3,(H2,28,37)(H,33,34,35)/t15?,22-/m1/s1. The first-order valence-electron chi connectivity index (χ1n) is 12.5. The molecule has 4 heterocycles. The molecule has 1 saturated carbocycles. The summed E-state index contributed by atoms with van der Waals surface area (Å²) in [6.07, 6.45) is 9.95. The Morgan fingerprint density at radius 1 is 1.08 bits per heavy atom. The average molecular weight is 494 g/mol. The monoisotopic (exact) mass is 493 g/mol. The molecule has 10 heteroatoms. The number of carbonyl (C=O) groups excluding carboxylic acids is 1. The number of nitrogens with two attached hydrogens (primary N) is 1. The molecular formula is C27H27N9O. The third-order valence-electron chi connectivity index (χ3n) is 6.94. The number of fused-ring (bicyclic) bond motifs is 2. The molecule has 37 heavy (non-hydrogen) atoms. The second kappa shape index (κ2) is 9.20. The number of nitrogens with zero attached hydrogens (tertiary/aromatic N) is 7. The molecule has 1 fully saturated rings. The van der Waals surface area contributed by atoms with Gasteiger partial charge in [0.1, 0.15) is 11.0 Å². The first-order chi connectivity index (χ1) is 18.0. The molecule has 1 aromatic carbocycles. The van der Waals surface area contributed by atoms with E-state index < -0.39 is 5.91 Å². The maximum atomic E-state index is 11.4. The molecule has 5 aromatic rings. The van der Waals surface area contributed by atoms with E-state index in [2.05, 4.69) is 46.4 Å². The Morgan fingerprint density at radius 2 is 1.86 bits per heavy atom. The minimum absolute atomic E-state index is 0.0387. The van der Waals surface area contributed by atoms with Crippen molar-refractivity contribution in [1.82, 2.24) is 34.7 Å². The van der Waals surface area contributed by atoms with Crippen LogP contribution >= 0.6 is 0 Å². The molecule has 3 N–H and O–H groups in total. The molecule has 1 aliphatic carbocycles. The summed E-state index contributed by atoms with van der Waals surface area (Å²) in [5.41, 5.74) is 9.56. The number of rotatable bonds is 8. The number of benzene rings is 1. The van der Waals surface area contributed by atoms with Gasteiger partial charge in [0.2, 0.25) is 5.82 Å². The van der Waals surface area contributed by atoms with Gasteiger partial charge in [-0.3, -0.25) is 14.5 Å². The van der Waals surface area contributed by atoms with Gasteiger partial charge in [-0.25, -0.2) is 19.9 Å². The van der Waals surface area contributed by atoms with Gasteiger partial charge in [-0.2, -0.15) is 5.10 Å². The molecule has 1 amide bonds. The molecular weight excluding hydrogens is 466 g/mol. The van der Waals surface area contributed by atoms with Gasteiger partial charge >= 0.3 is 0 Å². The molecule has 10 nitrogen and oxygen atoms in total. The summed E-state index contributed by atoms with van der Waals surface area (Å²) in [5.74, 6) is 0.888. The van der Waals surface area contributed by atoms with E-state index in [-0.39, 0.29) is 17.9 Å². The fourth-order valence-electron chi connectivity index (χ4n) is 4.58. The highest BCUT2D eigenvalue weighted by Gasteiger charge is 2.34. The van der Waals surface area contributed by atoms with Crippen LogP contribution in [0.1, 0.15) is 61.4 Å². The number of aromatic nitrogens is 7. The summed E-state index contributed by atoms with van der Waals surface area (Å²) in [4.78, 5) is 34.0. The van der Waals surface area contributed by atoms with Gasteiger partial charge in [-0.1, -0.05) is 25.1 Å². The van der Waals surface area contributed by atoms with Crippen LogP contribution in [0, 0.1) is 5.92 Å². The maximum absolute atomic E-state index is 11.4. The van der Waals surface area contributed by atoms with Crippen molar-refractivity contribution in [3.8, 4) is 11.4 Å². The van der Waals surface area contributed by atoms with Crippen LogP contribution in [0.3, 0.4) is 0 Å². The van der Waals surface area contributed by atoms with Crippen molar-refractivity contribution in [3.05, 3.63) is 66.5 Å². The Bertz CT molecular complexity index is 1610. The van der Waals surface area contributed by atoms with Crippen LogP contribution < -0.4 is 11.1 Å². The number of anilines is 1. The van der Waals surface area contributed by atoms with Crippen molar-refractivity contribution < 1.29 is 4.79 Å². The topological polar surface area (TPSA) is 137 Å². The molecule has 0 bridgehead atoms. The Hall–Kier alpha value is -4.47. The van der Waals surface area contributed by atoms with Crippen LogP contribution in [0.4, 0.5) is 5.82 Å². The summed E-state index contributed by atoms with van der Waals surface area (Å²) < 4.78 is 1.98. The van der Waals surface area contributed by atoms with Crippen LogP contribution in [0.25, 0.3) is 33.3 Å². The molecule has 6 rings (SSSR count). The molecule has 0 aliphatic heterocycles. The highest BCUT2D eigenvalue weighted by molar-refractivity contribution is 5.89. The van der Waals surface area contributed by atoms with E-state index in [9.17, 15) is 4.79 Å². The second-order valence-electron chi connectivity index (χ2n) is 9.56. The van der Waals surface area contributed by atoms with Gasteiger partial charge in [0, 0.05) is 30.0 Å². The van der Waals surface area contributed by atoms with Crippen LogP contribution in [-0.2, 0) is 0 Å². The van der Waals surface area contributed by atoms with Gasteiger partial charge in [0.15, 0.2) is 11.6 Å². The SMILES string of the molecule is CCC(C)n1ncc2nc(-c3cnc(C(N)=O)nc3)nc(N[C@@H](c3cnc4ccccc4c3)C3CC3)c21. The van der Waals surface area contributed by atoms with E-state index in [1.165, 1.54) is 12.4 Å². The highest BCUT2D eigenvalue weighted by atomic mass is 16.1. The third-order valence-corrected chi connectivity index (χ3v) is 6.94. The Morgan fingerprint density at radius 3 is 2.59 bits per heavy atom. The van der Waals surface area contributed by atoms with Crippen LogP contribution in [-0.4, -0.2) is 40.6 Å². The van der Waals surface area contributed by atoms with E-state index in [0.717, 1.165) is 46.8 Å². The third kappa shape index (κ3) is 4.35. The maximum Gasteiger partial charge on any atom is 0.286 e. The highest BCUT2D eigenvalue weighted by Crippen LogP contribution is 2.44. The van der Waals surface area contributed by atoms with Crippen molar-refractivity contribution in [2.45, 2.75) is 45.2 Å². The molecule has 186 valence electrons. The second-order valence-corrected chi connectivity index (χ2v) is 9.56. The zero-order valence-electron chi connectivity index (χ0n) is 20.7. The summed E-state index contributed by atoms with van der Waals surface area (Å²) in [6.45, 7) is 4.26. The fourth-order valence-corrected chi connectivity index (χ4v) is 4.58. The van der Waals surface area contributed by atoms with E-state index in [1.54, 1.807) is 6.20 Å². The van der Waals surface area contributed by atoms with Gasteiger partial charge in [-0.05, 0) is 49.8 Å². The summed E-state index contributed by atoms with van der Waals surface area (Å²) in [5, 5.41) is 9.50. The van der Waals surface area contributed by atoms with Gasteiger partial charge < -0.3 is 11.1 Å². The largest absolute Gasteiger partial charge is 0.363 e. The van der Waals surface area contributed by atoms with Crippen LogP contribution in [0.2, 0.25) is 0 Å². The molecule has 2 atom stereocenters. The minimum Gasteiger partial charge on any atom is -0.363 e. The lowest BCUT2D eigenvalue weighted by Gasteiger charge is -2.22. The number of hydrogen-bond donors (Lipinski definition) is 2. The first-order valence-corrected chi connectivity index (χ1v) is 12.5. The van der Waals surface area contributed by atoms with E-state index >= 15 is 0 Å². The average Bonchev–Trinajstić information content (AvgIpc) is 3.68. The van der Waals surface area contributed by atoms with Crippen molar-refractivity contribution >= 4 is 33.7 Å². The lowest BCUT2D eigenvalue weighted by Crippen LogP contribution is -2.17. The van der Waals surface area contributed by atoms with Crippen molar-refractivity contribution in [1.29, 1.82) is 0 Å². The van der Waals surface area contributed by atoms with E-state index in [1.807, 2.05) is 29.1 Å². The van der Waals surface area contributed by atoms with Crippen LogP contribution in [0.15, 0.2) is 55.1 Å². The summed E-state index contributed by atoms with van der Waals surface area (Å²) in [6, 6.07) is 10.6. The predicted molar refractivity (Wildman–Crippen MR) is 141 cm³/mol. The van der Waals surface area contributed by atoms with Crippen LogP contribution in [0.5, 0.6) is 0 Å². The summed E-state index contributed by atoms with van der Waals surface area (Å²) >= 11 is 0. The van der Waals surface area contributed by atoms with E-state index in [0.29, 0.717) is 23.1 Å². The smallest absolute Gasteiger partial charge is 0.286 e. The predicted octanol–water partition coefficient (Wildman–Crippen LogP) is 4.46. The molecule has 0 saturated heterocycles. The normalized spacial score (nSPS) is 15.1. The zero-order valence-corrected chi connectivity index (χ0v) is 20.7. The van der Waals surface area contributed by atoms with E-state index in [4.69, 9.17) is 20.7 Å². The van der Waals surface area contributed by atoms with Gasteiger partial charge in [0.05, 0.1) is 23.3 Å². The van der Waals surface area contributed by atoms with Crippen molar-refractivity contribution in [2.24, 2.45) is 11.7 Å². The Labute approximate surface area is 213 Å². The Balaban J connectivity index is 1.47.